The zero-order valence-corrected chi connectivity index (χ0v) is 19.3. The Labute approximate surface area is 195 Å². The fourth-order valence-electron chi connectivity index (χ4n) is 5.15. The molecule has 1 unspecified atom stereocenters. The van der Waals surface area contributed by atoms with Crippen molar-refractivity contribution in [1.82, 2.24) is 14.7 Å². The van der Waals surface area contributed by atoms with Gasteiger partial charge in [-0.2, -0.15) is 18.3 Å². The van der Waals surface area contributed by atoms with E-state index >= 15 is 0 Å². The van der Waals surface area contributed by atoms with Gasteiger partial charge in [-0.25, -0.2) is 4.79 Å². The van der Waals surface area contributed by atoms with Gasteiger partial charge in [0.2, 0.25) is 11.7 Å². The standard InChI is InChI=1S/C24H28F3N3O4/c1-3-33-23(32)21-19(24(25,26)27)18-17(34-21)10-13(2)16-12-30(28-20(16)18)11-14-6-8-29(9-7-14)22(31)15-4-5-15/h12-15H,3-11H2,1-2H3. The average molecular weight is 479 g/mol. The Kier molecular flexibility index (Phi) is 5.72. The molecule has 1 saturated heterocycles. The van der Waals surface area contributed by atoms with E-state index in [1.807, 2.05) is 18.0 Å². The van der Waals surface area contributed by atoms with Crippen LogP contribution in [0.2, 0.25) is 0 Å². The number of halogens is 3. The van der Waals surface area contributed by atoms with Gasteiger partial charge in [0.05, 0.1) is 17.9 Å². The topological polar surface area (TPSA) is 77.6 Å². The molecule has 0 bridgehead atoms. The summed E-state index contributed by atoms with van der Waals surface area (Å²) in [6.07, 6.45) is 0.946. The Hall–Kier alpha value is -2.78. The molecule has 10 heteroatoms. The van der Waals surface area contributed by atoms with E-state index < -0.39 is 23.5 Å². The SMILES string of the molecule is CCOC(=O)c1oc2c(c1C(F)(F)F)-c1nn(CC3CCN(C(=O)C4CC4)CC3)cc1C(C)C2. The molecule has 3 aliphatic rings. The molecule has 34 heavy (non-hydrogen) atoms. The Balaban J connectivity index is 1.41. The molecule has 0 radical (unpaired) electrons. The van der Waals surface area contributed by atoms with Crippen LogP contribution in [0.25, 0.3) is 11.3 Å². The van der Waals surface area contributed by atoms with Gasteiger partial charge in [0.1, 0.15) is 11.3 Å². The summed E-state index contributed by atoms with van der Waals surface area (Å²) >= 11 is 0. The van der Waals surface area contributed by atoms with Crippen molar-refractivity contribution in [3.05, 3.63) is 28.8 Å². The van der Waals surface area contributed by atoms with Crippen molar-refractivity contribution < 1.29 is 31.9 Å². The first-order valence-electron chi connectivity index (χ1n) is 11.9. The van der Waals surface area contributed by atoms with Crippen molar-refractivity contribution in [1.29, 1.82) is 0 Å². The van der Waals surface area contributed by atoms with Crippen LogP contribution < -0.4 is 0 Å². The fraction of sp³-hybridized carbons (Fsp3) is 0.625. The summed E-state index contributed by atoms with van der Waals surface area (Å²) in [7, 11) is 0. The van der Waals surface area contributed by atoms with Crippen LogP contribution in [0.4, 0.5) is 13.2 Å². The average Bonchev–Trinajstić information content (AvgIpc) is 3.42. The van der Waals surface area contributed by atoms with Gasteiger partial charge in [-0.15, -0.1) is 0 Å². The molecule has 184 valence electrons. The molecular weight excluding hydrogens is 451 g/mol. The minimum absolute atomic E-state index is 0.0527. The lowest BCUT2D eigenvalue weighted by atomic mass is 9.86. The summed E-state index contributed by atoms with van der Waals surface area (Å²) in [5.41, 5.74) is -0.309. The van der Waals surface area contributed by atoms with Crippen LogP contribution in [0.5, 0.6) is 0 Å². The quantitative estimate of drug-likeness (QED) is 0.584. The van der Waals surface area contributed by atoms with Crippen molar-refractivity contribution in [3.63, 3.8) is 0 Å². The van der Waals surface area contributed by atoms with E-state index in [0.29, 0.717) is 25.6 Å². The molecule has 1 aliphatic heterocycles. The van der Waals surface area contributed by atoms with Gasteiger partial charge in [0.15, 0.2) is 0 Å². The second kappa shape index (κ2) is 8.46. The van der Waals surface area contributed by atoms with Crippen LogP contribution in [0.3, 0.4) is 0 Å². The first kappa shape index (κ1) is 23.0. The molecule has 0 spiro atoms. The second-order valence-electron chi connectivity index (χ2n) is 9.63. The molecule has 1 saturated carbocycles. The van der Waals surface area contributed by atoms with E-state index in [0.717, 1.165) is 31.2 Å². The summed E-state index contributed by atoms with van der Waals surface area (Å²) in [4.78, 5) is 26.5. The maximum absolute atomic E-state index is 14.1. The zero-order valence-electron chi connectivity index (χ0n) is 19.3. The van der Waals surface area contributed by atoms with Crippen LogP contribution in [-0.4, -0.2) is 46.3 Å². The normalized spacial score (nSPS) is 20.7. The van der Waals surface area contributed by atoms with Crippen molar-refractivity contribution in [2.75, 3.05) is 19.7 Å². The summed E-state index contributed by atoms with van der Waals surface area (Å²) in [5.74, 6) is -1.15. The van der Waals surface area contributed by atoms with Gasteiger partial charge in [-0.3, -0.25) is 9.48 Å². The highest BCUT2D eigenvalue weighted by Gasteiger charge is 2.46. The molecule has 0 N–H and O–H groups in total. The number of ether oxygens (including phenoxy) is 1. The smallest absolute Gasteiger partial charge is 0.421 e. The van der Waals surface area contributed by atoms with Gasteiger partial charge in [-0.05, 0) is 44.4 Å². The number of alkyl halides is 3. The first-order valence-corrected chi connectivity index (χ1v) is 11.9. The van der Waals surface area contributed by atoms with Crippen LogP contribution in [0, 0.1) is 11.8 Å². The van der Waals surface area contributed by atoms with Crippen LogP contribution >= 0.6 is 0 Å². The highest BCUT2D eigenvalue weighted by molar-refractivity contribution is 5.92. The Morgan fingerprint density at radius 2 is 1.91 bits per heavy atom. The third-order valence-corrected chi connectivity index (χ3v) is 7.07. The van der Waals surface area contributed by atoms with E-state index in [1.165, 1.54) is 6.92 Å². The number of fused-ring (bicyclic) bond motifs is 3. The van der Waals surface area contributed by atoms with Crippen LogP contribution in [0.15, 0.2) is 10.6 Å². The molecule has 5 rings (SSSR count). The predicted octanol–water partition coefficient (Wildman–Crippen LogP) is 4.65. The molecule has 2 aliphatic carbocycles. The molecule has 2 aromatic rings. The molecule has 2 aromatic heterocycles. The van der Waals surface area contributed by atoms with E-state index in [9.17, 15) is 22.8 Å². The van der Waals surface area contributed by atoms with Gasteiger partial charge >= 0.3 is 12.1 Å². The highest BCUT2D eigenvalue weighted by Crippen LogP contribution is 2.48. The molecule has 7 nitrogen and oxygen atoms in total. The molecule has 3 heterocycles. The van der Waals surface area contributed by atoms with Crippen LogP contribution in [-0.2, 0) is 28.7 Å². The van der Waals surface area contributed by atoms with Crippen molar-refractivity contribution in [2.24, 2.45) is 11.8 Å². The Morgan fingerprint density at radius 3 is 2.53 bits per heavy atom. The lowest BCUT2D eigenvalue weighted by molar-refractivity contribution is -0.138. The number of hydrogen-bond donors (Lipinski definition) is 0. The van der Waals surface area contributed by atoms with Gasteiger partial charge in [0, 0.05) is 43.7 Å². The second-order valence-corrected chi connectivity index (χ2v) is 9.63. The van der Waals surface area contributed by atoms with E-state index in [-0.39, 0.29) is 47.8 Å². The third kappa shape index (κ3) is 4.11. The maximum atomic E-state index is 14.1. The number of piperidine rings is 1. The molecule has 1 amide bonds. The number of aromatic nitrogens is 2. The predicted molar refractivity (Wildman–Crippen MR) is 115 cm³/mol. The summed E-state index contributed by atoms with van der Waals surface area (Å²) in [6, 6.07) is 0. The molecule has 1 atom stereocenters. The summed E-state index contributed by atoms with van der Waals surface area (Å²) in [6.45, 7) is 5.39. The van der Waals surface area contributed by atoms with E-state index in [1.54, 1.807) is 4.68 Å². The number of carbonyl (C=O) groups excluding carboxylic acids is 2. The van der Waals surface area contributed by atoms with Gasteiger partial charge in [-0.1, -0.05) is 6.92 Å². The number of hydrogen-bond acceptors (Lipinski definition) is 5. The Bertz CT molecular complexity index is 1110. The number of esters is 1. The number of furan rings is 1. The lowest BCUT2D eigenvalue weighted by Crippen LogP contribution is -2.40. The number of amides is 1. The number of likely N-dealkylation sites (tertiary alicyclic amines) is 1. The molecule has 0 aromatic carbocycles. The minimum atomic E-state index is -4.79. The number of nitrogens with zero attached hydrogens (tertiary/aromatic N) is 3. The van der Waals surface area contributed by atoms with Gasteiger partial charge < -0.3 is 14.1 Å². The number of rotatable bonds is 5. The zero-order chi connectivity index (χ0) is 24.2. The van der Waals surface area contributed by atoms with Crippen molar-refractivity contribution in [3.8, 4) is 11.3 Å². The van der Waals surface area contributed by atoms with Gasteiger partial charge in [0.25, 0.3) is 0 Å². The van der Waals surface area contributed by atoms with Crippen LogP contribution in [0.1, 0.15) is 72.9 Å². The summed E-state index contributed by atoms with van der Waals surface area (Å²) < 4.78 is 54.2. The third-order valence-electron chi connectivity index (χ3n) is 7.07. The van der Waals surface area contributed by atoms with E-state index in [4.69, 9.17) is 9.15 Å². The van der Waals surface area contributed by atoms with Crippen molar-refractivity contribution >= 4 is 11.9 Å². The summed E-state index contributed by atoms with van der Waals surface area (Å²) in [5, 5.41) is 4.55. The maximum Gasteiger partial charge on any atom is 0.421 e. The Morgan fingerprint density at radius 1 is 1.21 bits per heavy atom. The van der Waals surface area contributed by atoms with Crippen molar-refractivity contribution in [2.45, 2.75) is 64.6 Å². The minimum Gasteiger partial charge on any atom is -0.460 e. The highest BCUT2D eigenvalue weighted by atomic mass is 19.4. The molecule has 2 fully saturated rings. The molecular formula is C24H28F3N3O4. The monoisotopic (exact) mass is 479 g/mol. The first-order chi connectivity index (χ1) is 16.2. The lowest BCUT2D eigenvalue weighted by Gasteiger charge is -2.32. The fourth-order valence-corrected chi connectivity index (χ4v) is 5.15. The largest absolute Gasteiger partial charge is 0.460 e. The number of carbonyl (C=O) groups is 2. The van der Waals surface area contributed by atoms with E-state index in [2.05, 4.69) is 5.10 Å².